The van der Waals surface area contributed by atoms with Crippen molar-refractivity contribution in [1.29, 1.82) is 0 Å². The van der Waals surface area contributed by atoms with E-state index in [4.69, 9.17) is 11.6 Å². The van der Waals surface area contributed by atoms with Crippen LogP contribution in [0.2, 0.25) is 5.02 Å². The maximum Gasteiger partial charge on any atom is 0.253 e. The number of fused-ring (bicyclic) bond motifs is 3. The predicted molar refractivity (Wildman–Crippen MR) is 103 cm³/mol. The molecule has 3 saturated heterocycles. The van der Waals surface area contributed by atoms with Gasteiger partial charge < -0.3 is 0 Å². The Kier molecular flexibility index (Phi) is 3.86. The topological polar surface area (TPSA) is 43.9 Å². The van der Waals surface area contributed by atoms with Gasteiger partial charge in [0.1, 0.15) is 6.04 Å². The van der Waals surface area contributed by atoms with Crippen molar-refractivity contribution in [3.05, 3.63) is 64.7 Å². The van der Waals surface area contributed by atoms with E-state index in [-0.39, 0.29) is 23.8 Å². The molecule has 5 nitrogen and oxygen atoms in total. The van der Waals surface area contributed by atoms with Gasteiger partial charge in [-0.25, -0.2) is 14.9 Å². The molecule has 27 heavy (non-hydrogen) atoms. The first kappa shape index (κ1) is 16.9. The van der Waals surface area contributed by atoms with Gasteiger partial charge in [0.15, 0.2) is 0 Å². The van der Waals surface area contributed by atoms with Gasteiger partial charge in [0.25, 0.3) is 5.91 Å². The molecule has 6 heteroatoms. The number of hydrogen-bond donors (Lipinski definition) is 0. The zero-order chi connectivity index (χ0) is 18.7. The van der Waals surface area contributed by atoms with Gasteiger partial charge in [-0.2, -0.15) is 0 Å². The molecular weight excluding hydrogens is 362 g/mol. The molecule has 5 rings (SSSR count). The third-order valence-electron chi connectivity index (χ3n) is 5.91. The number of carbonyl (C=O) groups is 2. The monoisotopic (exact) mass is 381 g/mol. The maximum absolute atomic E-state index is 13.4. The van der Waals surface area contributed by atoms with Crippen LogP contribution in [0.15, 0.2) is 48.5 Å². The van der Waals surface area contributed by atoms with E-state index in [1.165, 1.54) is 4.90 Å². The number of hydrogen-bond acceptors (Lipinski definition) is 4. The van der Waals surface area contributed by atoms with Gasteiger partial charge in [-0.05, 0) is 43.2 Å². The number of hydrazine groups is 1. The maximum atomic E-state index is 13.4. The molecule has 0 aliphatic carbocycles. The number of anilines is 1. The van der Waals surface area contributed by atoms with Crippen molar-refractivity contribution < 1.29 is 9.59 Å². The average Bonchev–Trinajstić information content (AvgIpc) is 3.30. The molecular formula is C21H20ClN3O2. The molecule has 0 spiro atoms. The molecule has 2 amide bonds. The first-order valence-corrected chi connectivity index (χ1v) is 9.67. The Morgan fingerprint density at radius 1 is 0.852 bits per heavy atom. The van der Waals surface area contributed by atoms with Gasteiger partial charge in [0.2, 0.25) is 5.91 Å². The lowest BCUT2D eigenvalue weighted by Gasteiger charge is -2.29. The summed E-state index contributed by atoms with van der Waals surface area (Å²) in [5.74, 6) is -0.610. The van der Waals surface area contributed by atoms with Crippen LogP contribution in [-0.2, 0) is 9.59 Å². The van der Waals surface area contributed by atoms with Gasteiger partial charge in [-0.1, -0.05) is 41.4 Å². The highest BCUT2D eigenvalue weighted by Crippen LogP contribution is 2.48. The SMILES string of the molecule is Cc1ccc(N2C(=O)[C@@H]3[C@@H](C2=O)N2CCCN2[C@@H]3c2ccc(Cl)cc2)cc1. The zero-order valence-corrected chi connectivity index (χ0v) is 15.8. The highest BCUT2D eigenvalue weighted by Gasteiger charge is 2.62. The summed E-state index contributed by atoms with van der Waals surface area (Å²) < 4.78 is 0. The first-order valence-electron chi connectivity index (χ1n) is 9.29. The second-order valence-corrected chi connectivity index (χ2v) is 7.93. The van der Waals surface area contributed by atoms with Crippen molar-refractivity contribution in [3.63, 3.8) is 0 Å². The molecule has 3 aliphatic rings. The smallest absolute Gasteiger partial charge is 0.253 e. The molecule has 0 radical (unpaired) electrons. The molecule has 0 N–H and O–H groups in total. The first-order chi connectivity index (χ1) is 13.1. The lowest BCUT2D eigenvalue weighted by atomic mass is 9.90. The lowest BCUT2D eigenvalue weighted by Crippen LogP contribution is -2.44. The number of carbonyl (C=O) groups excluding carboxylic acids is 2. The molecule has 3 aliphatic heterocycles. The Labute approximate surface area is 163 Å². The van der Waals surface area contributed by atoms with E-state index >= 15 is 0 Å². The van der Waals surface area contributed by atoms with Gasteiger partial charge in [0, 0.05) is 18.1 Å². The summed E-state index contributed by atoms with van der Waals surface area (Å²) in [5, 5.41) is 4.99. The van der Waals surface area contributed by atoms with Crippen LogP contribution < -0.4 is 4.90 Å². The second kappa shape index (κ2) is 6.16. The molecule has 138 valence electrons. The second-order valence-electron chi connectivity index (χ2n) is 7.49. The third kappa shape index (κ3) is 2.46. The molecule has 0 aromatic heterocycles. The van der Waals surface area contributed by atoms with Gasteiger partial charge in [-0.3, -0.25) is 9.59 Å². The summed E-state index contributed by atoms with van der Waals surface area (Å²) in [6.45, 7) is 3.67. The van der Waals surface area contributed by atoms with Crippen molar-refractivity contribution in [3.8, 4) is 0 Å². The fraction of sp³-hybridized carbons (Fsp3) is 0.333. The van der Waals surface area contributed by atoms with Gasteiger partial charge in [0.05, 0.1) is 17.6 Å². The molecule has 0 saturated carbocycles. The van der Waals surface area contributed by atoms with Crippen LogP contribution in [0.1, 0.15) is 23.6 Å². The summed E-state index contributed by atoms with van der Waals surface area (Å²) in [6.07, 6.45) is 0.999. The molecule has 0 bridgehead atoms. The van der Waals surface area contributed by atoms with Crippen LogP contribution >= 0.6 is 11.6 Å². The van der Waals surface area contributed by atoms with E-state index in [0.717, 1.165) is 30.6 Å². The van der Waals surface area contributed by atoms with E-state index in [0.29, 0.717) is 10.7 Å². The lowest BCUT2D eigenvalue weighted by molar-refractivity contribution is -0.126. The number of amides is 2. The highest BCUT2D eigenvalue weighted by molar-refractivity contribution is 6.30. The summed E-state index contributed by atoms with van der Waals surface area (Å²) >= 11 is 6.06. The average molecular weight is 382 g/mol. The minimum atomic E-state index is -0.415. The Morgan fingerprint density at radius 2 is 1.48 bits per heavy atom. The van der Waals surface area contributed by atoms with E-state index < -0.39 is 6.04 Å². The fourth-order valence-electron chi connectivity index (χ4n) is 4.72. The fourth-order valence-corrected chi connectivity index (χ4v) is 4.85. The van der Waals surface area contributed by atoms with Crippen LogP contribution in [0.5, 0.6) is 0 Å². The number of aryl methyl sites for hydroxylation is 1. The number of benzene rings is 2. The molecule has 3 atom stereocenters. The summed E-state index contributed by atoms with van der Waals surface area (Å²) in [6, 6.07) is 14.7. The Morgan fingerprint density at radius 3 is 2.15 bits per heavy atom. The van der Waals surface area contributed by atoms with Crippen LogP contribution in [-0.4, -0.2) is 41.0 Å². The van der Waals surface area contributed by atoms with Crippen molar-refractivity contribution in [2.24, 2.45) is 5.92 Å². The van der Waals surface area contributed by atoms with E-state index in [1.54, 1.807) is 0 Å². The quantitative estimate of drug-likeness (QED) is 0.749. The van der Waals surface area contributed by atoms with Gasteiger partial charge >= 0.3 is 0 Å². The van der Waals surface area contributed by atoms with E-state index in [2.05, 4.69) is 10.0 Å². The summed E-state index contributed by atoms with van der Waals surface area (Å²) in [5.41, 5.74) is 2.79. The number of nitrogens with zero attached hydrogens (tertiary/aromatic N) is 3. The zero-order valence-electron chi connectivity index (χ0n) is 15.0. The third-order valence-corrected chi connectivity index (χ3v) is 6.16. The number of imide groups is 1. The Hall–Kier alpha value is -2.21. The van der Waals surface area contributed by atoms with E-state index in [1.807, 2.05) is 55.5 Å². The number of halogens is 1. The van der Waals surface area contributed by atoms with Crippen molar-refractivity contribution in [1.82, 2.24) is 10.0 Å². The Bertz CT molecular complexity index is 912. The molecule has 3 heterocycles. The number of rotatable bonds is 2. The van der Waals surface area contributed by atoms with Crippen molar-refractivity contribution in [2.75, 3.05) is 18.0 Å². The molecule has 3 fully saturated rings. The molecule has 0 unspecified atom stereocenters. The van der Waals surface area contributed by atoms with Crippen LogP contribution in [0.3, 0.4) is 0 Å². The minimum Gasteiger partial charge on any atom is -0.274 e. The van der Waals surface area contributed by atoms with Crippen LogP contribution in [0.25, 0.3) is 0 Å². The Balaban J connectivity index is 1.57. The standard InChI is InChI=1S/C21H20ClN3O2/c1-13-3-9-16(10-4-13)25-20(26)17-18(14-5-7-15(22)8-6-14)23-11-2-12-24(23)19(17)21(25)27/h3-10,17-19H,2,11-12H2,1H3/t17-,18+,19-/m0/s1. The van der Waals surface area contributed by atoms with Crippen molar-refractivity contribution in [2.45, 2.75) is 25.4 Å². The van der Waals surface area contributed by atoms with Gasteiger partial charge in [-0.15, -0.1) is 0 Å². The largest absolute Gasteiger partial charge is 0.274 e. The van der Waals surface area contributed by atoms with Crippen LogP contribution in [0.4, 0.5) is 5.69 Å². The normalized spacial score (nSPS) is 28.1. The molecule has 2 aromatic rings. The summed E-state index contributed by atoms with van der Waals surface area (Å²) in [4.78, 5) is 28.0. The van der Waals surface area contributed by atoms with E-state index in [9.17, 15) is 9.59 Å². The molecule has 2 aromatic carbocycles. The predicted octanol–water partition coefficient (Wildman–Crippen LogP) is 3.18. The highest BCUT2D eigenvalue weighted by atomic mass is 35.5. The van der Waals surface area contributed by atoms with Crippen LogP contribution in [0, 0.1) is 12.8 Å². The van der Waals surface area contributed by atoms with Crippen molar-refractivity contribution >= 4 is 29.1 Å². The summed E-state index contributed by atoms with van der Waals surface area (Å²) in [7, 11) is 0. The minimum absolute atomic E-state index is 0.108.